The van der Waals surface area contributed by atoms with E-state index in [-0.39, 0.29) is 37.6 Å². The number of aliphatic hydroxyl groups excluding tert-OH is 1. The van der Waals surface area contributed by atoms with E-state index in [2.05, 4.69) is 6.58 Å². The molecule has 0 radical (unpaired) electrons. The van der Waals surface area contributed by atoms with Crippen molar-refractivity contribution in [3.05, 3.63) is 111 Å². The Morgan fingerprint density at radius 1 is 1.05 bits per heavy atom. The van der Waals surface area contributed by atoms with Crippen LogP contribution in [0.5, 0.6) is 0 Å². The van der Waals surface area contributed by atoms with E-state index in [1.54, 1.807) is 36.1 Å². The van der Waals surface area contributed by atoms with Gasteiger partial charge in [-0.2, -0.15) is 0 Å². The Balaban J connectivity index is 1.77. The largest absolute Gasteiger partial charge is 0.466 e. The van der Waals surface area contributed by atoms with Crippen molar-refractivity contribution in [2.75, 3.05) is 19.8 Å². The molecule has 1 aliphatic carbocycles. The Labute approximate surface area is 250 Å². The molecule has 1 aliphatic heterocycles. The summed E-state index contributed by atoms with van der Waals surface area (Å²) in [6, 6.07) is 19.2. The van der Waals surface area contributed by atoms with Crippen molar-refractivity contribution in [2.24, 2.45) is 5.41 Å². The first-order valence-corrected chi connectivity index (χ1v) is 14.5. The highest BCUT2D eigenvalue weighted by atomic mass is 35.5. The van der Waals surface area contributed by atoms with Crippen LogP contribution in [0, 0.1) is 5.41 Å². The Hall–Kier alpha value is -3.16. The lowest BCUT2D eigenvalue weighted by molar-refractivity contribution is -0.154. The Kier molecular flexibility index (Phi) is 8.31. The molecule has 1 amide bonds. The molecule has 0 spiro atoms. The number of hydrogen-bond donors (Lipinski definition) is 1. The maximum absolute atomic E-state index is 14.6. The number of nitrogens with zero attached hydrogens (tertiary/aromatic N) is 1. The molecule has 3 aromatic rings. The third-order valence-corrected chi connectivity index (χ3v) is 8.52. The van der Waals surface area contributed by atoms with Gasteiger partial charge in [0, 0.05) is 32.2 Å². The van der Waals surface area contributed by atoms with Crippen LogP contribution in [0.1, 0.15) is 71.8 Å². The van der Waals surface area contributed by atoms with E-state index >= 15 is 0 Å². The molecule has 8 heteroatoms. The molecular formula is C33H33Cl2NO5. The molecule has 1 N–H and O–H groups in total. The number of carbonyl (C=O) groups excluding carboxylic acids is 2. The van der Waals surface area contributed by atoms with Crippen molar-refractivity contribution in [1.82, 2.24) is 4.90 Å². The number of rotatable bonds is 11. The molecule has 5 rings (SSSR count). The predicted molar refractivity (Wildman–Crippen MR) is 160 cm³/mol. The van der Waals surface area contributed by atoms with Crippen molar-refractivity contribution in [1.29, 1.82) is 0 Å². The van der Waals surface area contributed by atoms with Crippen molar-refractivity contribution < 1.29 is 24.2 Å². The smallest absolute Gasteiger partial charge is 0.308 e. The molecule has 6 nitrogen and oxygen atoms in total. The molecule has 214 valence electrons. The van der Waals surface area contributed by atoms with Crippen molar-refractivity contribution in [3.8, 4) is 0 Å². The molecule has 2 aliphatic rings. The molecule has 0 saturated heterocycles. The number of amides is 1. The van der Waals surface area contributed by atoms with Gasteiger partial charge in [0.1, 0.15) is 0 Å². The van der Waals surface area contributed by atoms with E-state index in [1.165, 1.54) is 0 Å². The topological polar surface area (TPSA) is 76.1 Å². The summed E-state index contributed by atoms with van der Waals surface area (Å²) < 4.78 is 12.3. The minimum atomic E-state index is -1.42. The maximum Gasteiger partial charge on any atom is 0.308 e. The average Bonchev–Trinajstić information content (AvgIpc) is 3.71. The number of carbonyl (C=O) groups is 2. The second kappa shape index (κ2) is 11.6. The minimum Gasteiger partial charge on any atom is -0.466 e. The first-order valence-electron chi connectivity index (χ1n) is 13.7. The highest BCUT2D eigenvalue weighted by molar-refractivity contribution is 6.30. The fourth-order valence-corrected chi connectivity index (χ4v) is 5.70. The molecule has 0 bridgehead atoms. The molecule has 41 heavy (non-hydrogen) atoms. The molecule has 1 heterocycles. The summed E-state index contributed by atoms with van der Waals surface area (Å²) in [4.78, 5) is 29.3. The lowest BCUT2D eigenvalue weighted by atomic mass is 9.89. The molecule has 1 fully saturated rings. The van der Waals surface area contributed by atoms with Crippen LogP contribution in [0.15, 0.2) is 73.3 Å². The highest BCUT2D eigenvalue weighted by Crippen LogP contribution is 2.54. The van der Waals surface area contributed by atoms with E-state index in [0.29, 0.717) is 32.3 Å². The van der Waals surface area contributed by atoms with E-state index < -0.39 is 17.7 Å². The molecule has 0 unspecified atom stereocenters. The summed E-state index contributed by atoms with van der Waals surface area (Å²) in [6.07, 6.45) is 1.53. The van der Waals surface area contributed by atoms with E-state index in [9.17, 15) is 14.7 Å². The summed E-state index contributed by atoms with van der Waals surface area (Å²) in [7, 11) is 0. The van der Waals surface area contributed by atoms with E-state index in [1.807, 2.05) is 49.4 Å². The zero-order valence-corrected chi connectivity index (χ0v) is 24.7. The van der Waals surface area contributed by atoms with Crippen molar-refractivity contribution in [3.63, 3.8) is 0 Å². The van der Waals surface area contributed by atoms with Crippen molar-refractivity contribution in [2.45, 2.75) is 44.9 Å². The second-order valence-corrected chi connectivity index (χ2v) is 11.8. The lowest BCUT2D eigenvalue weighted by Gasteiger charge is -2.44. The molecular weight excluding hydrogens is 561 g/mol. The Bertz CT molecular complexity index is 1470. The number of allylic oxidation sites excluding steroid dienone is 1. The second-order valence-electron chi connectivity index (χ2n) is 10.9. The van der Waals surface area contributed by atoms with E-state index in [0.717, 1.165) is 24.0 Å². The summed E-state index contributed by atoms with van der Waals surface area (Å²) in [5.74, 6) is -0.742. The van der Waals surface area contributed by atoms with Crippen LogP contribution >= 0.6 is 23.2 Å². The van der Waals surface area contributed by atoms with Gasteiger partial charge in [-0.25, -0.2) is 0 Å². The van der Waals surface area contributed by atoms with Crippen LogP contribution in [0.25, 0.3) is 5.57 Å². The molecule has 0 aromatic heterocycles. The van der Waals surface area contributed by atoms with E-state index in [4.69, 9.17) is 32.7 Å². The number of aliphatic hydroxyl groups is 1. The average molecular weight is 595 g/mol. The highest BCUT2D eigenvalue weighted by Gasteiger charge is 2.57. The van der Waals surface area contributed by atoms with Gasteiger partial charge < -0.3 is 14.6 Å². The van der Waals surface area contributed by atoms with Gasteiger partial charge in [-0.15, -0.1) is 0 Å². The van der Waals surface area contributed by atoms with Gasteiger partial charge in [-0.1, -0.05) is 71.8 Å². The van der Waals surface area contributed by atoms with Gasteiger partial charge in [0.2, 0.25) is 0 Å². The van der Waals surface area contributed by atoms with Crippen LogP contribution in [0.4, 0.5) is 0 Å². The number of ether oxygens (including phenoxy) is 2. The number of halogens is 2. The summed E-state index contributed by atoms with van der Waals surface area (Å²) in [6.45, 7) is 8.09. The summed E-state index contributed by atoms with van der Waals surface area (Å²) >= 11 is 12.5. The maximum atomic E-state index is 14.6. The van der Waals surface area contributed by atoms with Crippen LogP contribution in [-0.2, 0) is 20.0 Å². The monoisotopic (exact) mass is 593 g/mol. The quantitative estimate of drug-likeness (QED) is 0.238. The Morgan fingerprint density at radius 2 is 1.68 bits per heavy atom. The SMILES string of the molecule is C=C(C)c1ccc2c(c1)C(=O)N([C@@H](CC(=O)OCC)c1ccc(Cl)cc1)[C@@]2(OCC1(CO)CC1)c1ccc(Cl)cc1. The predicted octanol–water partition coefficient (Wildman–Crippen LogP) is 7.17. The standard InChI is InChI=1S/C33H33Cl2NO5/c1-4-40-30(38)18-29(22-5-10-25(34)11-6-22)36-31(39)27-17-23(21(2)3)7-14-28(27)33(36,24-8-12-26(35)13-9-24)41-20-32(19-37)15-16-32/h5-14,17,29,37H,2,4,15-16,18-20H2,1,3H3/t29-,33+/m0/s1. The van der Waals surface area contributed by atoms with Gasteiger partial charge in [-0.05, 0) is 68.1 Å². The first kappa shape index (κ1) is 29.3. The van der Waals surface area contributed by atoms with Crippen molar-refractivity contribution >= 4 is 40.7 Å². The zero-order chi connectivity index (χ0) is 29.4. The molecule has 1 saturated carbocycles. The van der Waals surface area contributed by atoms with Crippen LogP contribution < -0.4 is 0 Å². The van der Waals surface area contributed by atoms with Gasteiger partial charge in [0.25, 0.3) is 5.91 Å². The van der Waals surface area contributed by atoms with Crippen LogP contribution in [-0.4, -0.2) is 41.7 Å². The molecule has 2 atom stereocenters. The van der Waals surface area contributed by atoms with Gasteiger partial charge >= 0.3 is 5.97 Å². The fraction of sp³-hybridized carbons (Fsp3) is 0.333. The first-order chi connectivity index (χ1) is 19.6. The third-order valence-electron chi connectivity index (χ3n) is 8.01. The Morgan fingerprint density at radius 3 is 2.24 bits per heavy atom. The van der Waals surface area contributed by atoms with Gasteiger partial charge in [0.15, 0.2) is 5.72 Å². The number of esters is 1. The number of fused-ring (bicyclic) bond motifs is 1. The molecule has 3 aromatic carbocycles. The summed E-state index contributed by atoms with van der Waals surface area (Å²) in [5.41, 5.74) is 2.31. The number of hydrogen-bond acceptors (Lipinski definition) is 5. The minimum absolute atomic E-state index is 0.0253. The zero-order valence-electron chi connectivity index (χ0n) is 23.2. The third kappa shape index (κ3) is 5.54. The van der Waals surface area contributed by atoms with Crippen LogP contribution in [0.2, 0.25) is 10.0 Å². The van der Waals surface area contributed by atoms with Crippen LogP contribution in [0.3, 0.4) is 0 Å². The van der Waals surface area contributed by atoms with Gasteiger partial charge in [0.05, 0.1) is 32.3 Å². The fourth-order valence-electron chi connectivity index (χ4n) is 5.45. The summed E-state index contributed by atoms with van der Waals surface area (Å²) in [5, 5.41) is 11.2. The number of benzene rings is 3. The normalized spacial score (nSPS) is 19.5. The lowest BCUT2D eigenvalue weighted by Crippen LogP contribution is -2.50. The van der Waals surface area contributed by atoms with Gasteiger partial charge in [-0.3, -0.25) is 14.5 Å².